The summed E-state index contributed by atoms with van der Waals surface area (Å²) in [5.41, 5.74) is -0.711. The van der Waals surface area contributed by atoms with Crippen molar-refractivity contribution in [1.29, 1.82) is 0 Å². The number of sulfonamides is 1. The Morgan fingerprint density at radius 2 is 2.25 bits per heavy atom. The molecule has 1 atom stereocenters. The molecule has 9 heteroatoms. The zero-order valence-corrected chi connectivity index (χ0v) is 13.1. The second-order valence-electron chi connectivity index (χ2n) is 4.88. The molecular weight excluding hydrogens is 354 g/mol. The van der Waals surface area contributed by atoms with Crippen LogP contribution in [0, 0.1) is 0 Å². The molecule has 2 heterocycles. The number of carboxylic acid groups (broad SMARTS) is 1. The number of ether oxygens (including phenoxy) is 1. The van der Waals surface area contributed by atoms with Crippen molar-refractivity contribution in [2.24, 2.45) is 0 Å². The lowest BCUT2D eigenvalue weighted by atomic mass is 9.97. The first-order valence-corrected chi connectivity index (χ1v) is 8.15. The number of nitrogens with one attached hydrogen (secondary N) is 1. The third-order valence-electron chi connectivity index (χ3n) is 2.97. The number of carboxylic acids is 1. The maximum atomic E-state index is 12.3. The van der Waals surface area contributed by atoms with Gasteiger partial charge in [-0.3, -0.25) is 0 Å². The maximum absolute atomic E-state index is 12.3. The Kier molecular flexibility index (Phi) is 4.24. The molecule has 2 rings (SSSR count). The Labute approximate surface area is 124 Å². The number of hydrogen-bond acceptors (Lipinski definition) is 5. The molecule has 0 radical (unpaired) electrons. The van der Waals surface area contributed by atoms with Crippen LogP contribution in [0.25, 0.3) is 0 Å². The topological polar surface area (TPSA) is 106 Å². The van der Waals surface area contributed by atoms with Crippen molar-refractivity contribution in [3.8, 4) is 0 Å². The number of rotatable bonds is 4. The van der Waals surface area contributed by atoms with Crippen molar-refractivity contribution in [3.63, 3.8) is 0 Å². The molecule has 1 aliphatic rings. The number of halogens is 1. The van der Waals surface area contributed by atoms with E-state index in [-0.39, 0.29) is 16.2 Å². The van der Waals surface area contributed by atoms with Crippen molar-refractivity contribution < 1.29 is 27.5 Å². The molecule has 0 aliphatic carbocycles. The average molecular weight is 368 g/mol. The molecule has 7 nitrogen and oxygen atoms in total. The van der Waals surface area contributed by atoms with E-state index in [4.69, 9.17) is 14.3 Å². The van der Waals surface area contributed by atoms with E-state index in [2.05, 4.69) is 20.7 Å². The Morgan fingerprint density at radius 1 is 1.55 bits per heavy atom. The maximum Gasteiger partial charge on any atom is 0.371 e. The normalized spacial score (nSPS) is 23.7. The van der Waals surface area contributed by atoms with Crippen molar-refractivity contribution in [1.82, 2.24) is 4.72 Å². The molecule has 1 aliphatic heterocycles. The SMILES string of the molecule is CC1(NS(=O)(=O)c2cc(C(=O)O)oc2Br)CCCOC1. The second-order valence-corrected chi connectivity index (χ2v) is 7.25. The summed E-state index contributed by atoms with van der Waals surface area (Å²) in [7, 11) is -3.90. The lowest BCUT2D eigenvalue weighted by molar-refractivity contribution is 0.0386. The van der Waals surface area contributed by atoms with E-state index in [1.54, 1.807) is 6.92 Å². The fraction of sp³-hybridized carbons (Fsp3) is 0.545. The van der Waals surface area contributed by atoms with Crippen LogP contribution in [0.3, 0.4) is 0 Å². The molecule has 1 saturated heterocycles. The van der Waals surface area contributed by atoms with Crippen LogP contribution in [-0.4, -0.2) is 38.2 Å². The lowest BCUT2D eigenvalue weighted by Gasteiger charge is -2.33. The predicted octanol–water partition coefficient (Wildman–Crippen LogP) is 1.59. The first kappa shape index (κ1) is 15.5. The molecule has 1 aromatic rings. The largest absolute Gasteiger partial charge is 0.475 e. The van der Waals surface area contributed by atoms with E-state index < -0.39 is 27.3 Å². The van der Waals surface area contributed by atoms with Crippen molar-refractivity contribution in [2.75, 3.05) is 13.2 Å². The highest BCUT2D eigenvalue weighted by atomic mass is 79.9. The fourth-order valence-electron chi connectivity index (χ4n) is 2.03. The van der Waals surface area contributed by atoms with Crippen LogP contribution in [0.1, 0.15) is 30.3 Å². The summed E-state index contributed by atoms with van der Waals surface area (Å²) in [5.74, 6) is -1.78. The summed E-state index contributed by atoms with van der Waals surface area (Å²) in [6, 6.07) is 0.974. The third kappa shape index (κ3) is 3.22. The first-order valence-electron chi connectivity index (χ1n) is 5.88. The average Bonchev–Trinajstić information content (AvgIpc) is 2.72. The van der Waals surface area contributed by atoms with Crippen LogP contribution in [-0.2, 0) is 14.8 Å². The van der Waals surface area contributed by atoms with E-state index in [9.17, 15) is 13.2 Å². The zero-order valence-electron chi connectivity index (χ0n) is 10.7. The van der Waals surface area contributed by atoms with Gasteiger partial charge in [0.1, 0.15) is 4.90 Å². The van der Waals surface area contributed by atoms with E-state index in [0.29, 0.717) is 13.0 Å². The van der Waals surface area contributed by atoms with Crippen LogP contribution in [0.15, 0.2) is 20.0 Å². The molecule has 0 bridgehead atoms. The number of carbonyl (C=O) groups is 1. The Hall–Kier alpha value is -0.900. The zero-order chi connectivity index (χ0) is 15.0. The standard InChI is InChI=1S/C11H14BrNO6S/c1-11(3-2-4-18-6-11)13-20(16,17)8-5-7(10(14)15)19-9(8)12/h5,13H,2-4,6H2,1H3,(H,14,15). The van der Waals surface area contributed by atoms with Gasteiger partial charge in [0.15, 0.2) is 4.67 Å². The lowest BCUT2D eigenvalue weighted by Crippen LogP contribution is -2.51. The first-order chi connectivity index (χ1) is 9.23. The Balaban J connectivity index is 2.28. The third-order valence-corrected chi connectivity index (χ3v) is 5.47. The highest BCUT2D eigenvalue weighted by Crippen LogP contribution is 2.28. The van der Waals surface area contributed by atoms with E-state index in [1.165, 1.54) is 0 Å². The Bertz CT molecular complexity index is 617. The second kappa shape index (κ2) is 5.47. The van der Waals surface area contributed by atoms with E-state index in [0.717, 1.165) is 12.5 Å². The van der Waals surface area contributed by atoms with E-state index in [1.807, 2.05) is 0 Å². The molecule has 0 aromatic carbocycles. The van der Waals surface area contributed by atoms with Gasteiger partial charge < -0.3 is 14.3 Å². The molecule has 1 aromatic heterocycles. The monoisotopic (exact) mass is 367 g/mol. The minimum atomic E-state index is -3.90. The van der Waals surface area contributed by atoms with Gasteiger partial charge in [-0.2, -0.15) is 0 Å². The summed E-state index contributed by atoms with van der Waals surface area (Å²) >= 11 is 2.92. The number of aromatic carboxylic acids is 1. The van der Waals surface area contributed by atoms with Gasteiger partial charge in [0.05, 0.1) is 12.1 Å². The van der Waals surface area contributed by atoms with Gasteiger partial charge in [-0.1, -0.05) is 0 Å². The number of furan rings is 1. The highest BCUT2D eigenvalue weighted by molar-refractivity contribution is 9.10. The van der Waals surface area contributed by atoms with Crippen LogP contribution in [0.5, 0.6) is 0 Å². The minimum absolute atomic E-state index is 0.136. The molecule has 0 saturated carbocycles. The Morgan fingerprint density at radius 3 is 2.75 bits per heavy atom. The van der Waals surface area contributed by atoms with Gasteiger partial charge in [0.2, 0.25) is 15.8 Å². The van der Waals surface area contributed by atoms with Gasteiger partial charge in [0, 0.05) is 12.7 Å². The summed E-state index contributed by atoms with van der Waals surface area (Å²) in [6.07, 6.45) is 1.40. The molecule has 0 spiro atoms. The van der Waals surface area contributed by atoms with Gasteiger partial charge in [-0.15, -0.1) is 0 Å². The summed E-state index contributed by atoms with van der Waals surface area (Å²) in [6.45, 7) is 2.62. The van der Waals surface area contributed by atoms with Gasteiger partial charge >= 0.3 is 5.97 Å². The molecule has 112 valence electrons. The molecule has 20 heavy (non-hydrogen) atoms. The summed E-state index contributed by atoms with van der Waals surface area (Å²) in [5, 5.41) is 8.81. The van der Waals surface area contributed by atoms with Crippen LogP contribution in [0.2, 0.25) is 0 Å². The van der Waals surface area contributed by atoms with Crippen LogP contribution >= 0.6 is 15.9 Å². The molecule has 2 N–H and O–H groups in total. The van der Waals surface area contributed by atoms with E-state index >= 15 is 0 Å². The molecule has 0 amide bonds. The van der Waals surface area contributed by atoms with Crippen molar-refractivity contribution in [2.45, 2.75) is 30.2 Å². The van der Waals surface area contributed by atoms with Crippen molar-refractivity contribution >= 4 is 31.9 Å². The van der Waals surface area contributed by atoms with Crippen LogP contribution in [0.4, 0.5) is 0 Å². The smallest absolute Gasteiger partial charge is 0.371 e. The predicted molar refractivity (Wildman–Crippen MR) is 72.1 cm³/mol. The fourth-order valence-corrected chi connectivity index (χ4v) is 4.40. The van der Waals surface area contributed by atoms with Gasteiger partial charge in [-0.25, -0.2) is 17.9 Å². The molecular formula is C11H14BrNO6S. The van der Waals surface area contributed by atoms with Crippen LogP contribution < -0.4 is 4.72 Å². The van der Waals surface area contributed by atoms with Gasteiger partial charge in [0.25, 0.3) is 0 Å². The molecule has 1 fully saturated rings. The number of hydrogen-bond donors (Lipinski definition) is 2. The quantitative estimate of drug-likeness (QED) is 0.836. The summed E-state index contributed by atoms with van der Waals surface area (Å²) in [4.78, 5) is 10.6. The molecule has 1 unspecified atom stereocenters. The highest BCUT2D eigenvalue weighted by Gasteiger charge is 2.35. The van der Waals surface area contributed by atoms with Gasteiger partial charge in [-0.05, 0) is 35.7 Å². The van der Waals surface area contributed by atoms with Crippen molar-refractivity contribution in [3.05, 3.63) is 16.5 Å². The minimum Gasteiger partial charge on any atom is -0.475 e. The summed E-state index contributed by atoms with van der Waals surface area (Å²) < 4.78 is 37.2.